The Labute approximate surface area is 330 Å². The summed E-state index contributed by atoms with van der Waals surface area (Å²) < 4.78 is 10.9. The third-order valence-electron chi connectivity index (χ3n) is 8.61. The van der Waals surface area contributed by atoms with Crippen molar-refractivity contribution in [2.45, 2.75) is 0 Å². The Kier molecular flexibility index (Phi) is 10.9. The van der Waals surface area contributed by atoms with Crippen LogP contribution in [0.1, 0.15) is 26.3 Å². The topological polar surface area (TPSA) is 158 Å². The molecule has 0 saturated heterocycles. The summed E-state index contributed by atoms with van der Waals surface area (Å²) in [6.07, 6.45) is 0. The largest absolute Gasteiger partial charge is 0.496 e. The van der Waals surface area contributed by atoms with Gasteiger partial charge in [-0.1, -0.05) is 41.4 Å². The number of ether oxygens (including phenoxy) is 2. The molecule has 6 aromatic carbocycles. The zero-order valence-corrected chi connectivity index (χ0v) is 31.4. The van der Waals surface area contributed by atoms with E-state index in [0.717, 1.165) is 33.2 Å². The minimum atomic E-state index is -0.236. The fourth-order valence-electron chi connectivity index (χ4n) is 5.88. The first-order valence-corrected chi connectivity index (χ1v) is 17.8. The standard InChI is InChI=1S/C22H18ClN3O3.C21H13ClN4O/c1-28-18-7-4-8-19(29-2)20(18)21-25-16-10-9-13(11-17(16)26-21)22(27)24-15-6-3-5-14(23)12-15;22-16-2-1-3-17(11-16)24-21(27)15-8-9-18-19(10-15)26-20(25-18)14-6-4-13(12-23)5-7-14/h3-12H,1-2H3,(H,24,27)(H,25,26);1-11H,(H,24,27)(H,25,26). The summed E-state index contributed by atoms with van der Waals surface area (Å²) in [5.74, 6) is 2.10. The number of methoxy groups -OCH3 is 2. The summed E-state index contributed by atoms with van der Waals surface area (Å²) in [6.45, 7) is 0. The lowest BCUT2D eigenvalue weighted by Crippen LogP contribution is -2.11. The van der Waals surface area contributed by atoms with E-state index in [4.69, 9.17) is 37.9 Å². The number of aromatic nitrogens is 4. The Bertz CT molecular complexity index is 2750. The highest BCUT2D eigenvalue weighted by Gasteiger charge is 2.17. The highest BCUT2D eigenvalue weighted by atomic mass is 35.5. The van der Waals surface area contributed by atoms with E-state index in [2.05, 4.69) is 36.6 Å². The van der Waals surface area contributed by atoms with Crippen LogP contribution in [0.2, 0.25) is 10.0 Å². The van der Waals surface area contributed by atoms with Crippen LogP contribution < -0.4 is 20.1 Å². The molecule has 0 atom stereocenters. The van der Waals surface area contributed by atoms with E-state index in [9.17, 15) is 9.59 Å². The number of carbonyl (C=O) groups is 2. The van der Waals surface area contributed by atoms with Gasteiger partial charge in [-0.05, 0) is 109 Å². The molecule has 56 heavy (non-hydrogen) atoms. The van der Waals surface area contributed by atoms with Crippen molar-refractivity contribution < 1.29 is 19.1 Å². The average Bonchev–Trinajstić information content (AvgIpc) is 3.85. The normalized spacial score (nSPS) is 10.6. The quantitative estimate of drug-likeness (QED) is 0.119. The molecule has 0 saturated carbocycles. The fraction of sp³-hybridized carbons (Fsp3) is 0.0465. The summed E-state index contributed by atoms with van der Waals surface area (Å²) in [4.78, 5) is 40.8. The monoisotopic (exact) mass is 779 g/mol. The number of imidazole rings is 2. The van der Waals surface area contributed by atoms with Gasteiger partial charge in [0.05, 0.1) is 47.9 Å². The highest BCUT2D eigenvalue weighted by molar-refractivity contribution is 6.31. The van der Waals surface area contributed by atoms with Crippen LogP contribution in [0.4, 0.5) is 11.4 Å². The second-order valence-electron chi connectivity index (χ2n) is 12.3. The molecule has 8 rings (SSSR count). The van der Waals surface area contributed by atoms with Gasteiger partial charge in [-0.2, -0.15) is 5.26 Å². The Balaban J connectivity index is 0.000000172. The molecule has 0 unspecified atom stereocenters. The minimum Gasteiger partial charge on any atom is -0.496 e. The molecular formula is C43H31Cl2N7O4. The number of aromatic amines is 2. The van der Waals surface area contributed by atoms with Crippen molar-refractivity contribution in [1.82, 2.24) is 19.9 Å². The molecule has 0 radical (unpaired) electrons. The molecule has 0 bridgehead atoms. The molecule has 0 aliphatic heterocycles. The zero-order valence-electron chi connectivity index (χ0n) is 29.9. The molecule has 11 nitrogen and oxygen atoms in total. The van der Waals surface area contributed by atoms with Crippen LogP contribution in [0.3, 0.4) is 0 Å². The van der Waals surface area contributed by atoms with E-state index in [-0.39, 0.29) is 11.8 Å². The summed E-state index contributed by atoms with van der Waals surface area (Å²) in [5.41, 5.74) is 7.43. The molecule has 276 valence electrons. The number of amides is 2. The van der Waals surface area contributed by atoms with Crippen molar-refractivity contribution in [3.8, 4) is 40.3 Å². The molecule has 0 fully saturated rings. The molecule has 2 aromatic heterocycles. The first-order chi connectivity index (χ1) is 27.2. The number of rotatable bonds is 8. The molecular weight excluding hydrogens is 749 g/mol. The molecule has 4 N–H and O–H groups in total. The SMILES string of the molecule is COc1cccc(OC)c1-c1nc2ccc(C(=O)Nc3cccc(Cl)c3)cc2[nH]1.N#Cc1ccc(-c2nc3ccc(C(=O)Nc4cccc(Cl)c4)cc3[nH]2)cc1. The van der Waals surface area contributed by atoms with Crippen molar-refractivity contribution >= 4 is 68.5 Å². The van der Waals surface area contributed by atoms with Crippen molar-refractivity contribution in [1.29, 1.82) is 5.26 Å². The second-order valence-corrected chi connectivity index (χ2v) is 13.2. The molecule has 2 amide bonds. The lowest BCUT2D eigenvalue weighted by Gasteiger charge is -2.10. The number of fused-ring (bicyclic) bond motifs is 2. The van der Waals surface area contributed by atoms with Gasteiger partial charge in [0.25, 0.3) is 11.8 Å². The molecule has 13 heteroatoms. The number of nitrogens with zero attached hydrogens (tertiary/aromatic N) is 3. The molecule has 0 aliphatic carbocycles. The van der Waals surface area contributed by atoms with Crippen LogP contribution in [-0.2, 0) is 0 Å². The number of hydrogen-bond donors (Lipinski definition) is 4. The van der Waals surface area contributed by atoms with Gasteiger partial charge < -0.3 is 30.1 Å². The van der Waals surface area contributed by atoms with E-state index >= 15 is 0 Å². The third kappa shape index (κ3) is 8.32. The predicted molar refractivity (Wildman–Crippen MR) is 220 cm³/mol. The van der Waals surface area contributed by atoms with Gasteiger partial charge in [-0.3, -0.25) is 9.59 Å². The van der Waals surface area contributed by atoms with Gasteiger partial charge in [-0.15, -0.1) is 0 Å². The molecule has 2 heterocycles. The first-order valence-electron chi connectivity index (χ1n) is 17.1. The van der Waals surface area contributed by atoms with Gasteiger partial charge in [0.15, 0.2) is 0 Å². The van der Waals surface area contributed by atoms with Crippen LogP contribution in [0, 0.1) is 11.3 Å². The van der Waals surface area contributed by atoms with Gasteiger partial charge in [0, 0.05) is 38.1 Å². The molecule has 8 aromatic rings. The Morgan fingerprint density at radius 2 is 1.11 bits per heavy atom. The first kappa shape index (κ1) is 37.2. The number of benzene rings is 6. The average molecular weight is 781 g/mol. The minimum absolute atomic E-state index is 0.228. The maximum Gasteiger partial charge on any atom is 0.255 e. The van der Waals surface area contributed by atoms with Crippen molar-refractivity contribution in [2.24, 2.45) is 0 Å². The maximum absolute atomic E-state index is 12.6. The maximum atomic E-state index is 12.6. The number of nitrogens with one attached hydrogen (secondary N) is 4. The number of anilines is 2. The lowest BCUT2D eigenvalue weighted by molar-refractivity contribution is 0.101. The van der Waals surface area contributed by atoms with Crippen LogP contribution >= 0.6 is 23.2 Å². The lowest BCUT2D eigenvalue weighted by atomic mass is 10.1. The van der Waals surface area contributed by atoms with Crippen LogP contribution in [0.15, 0.2) is 127 Å². The van der Waals surface area contributed by atoms with Gasteiger partial charge in [-0.25, -0.2) is 9.97 Å². The Morgan fingerprint density at radius 1 is 0.625 bits per heavy atom. The second kappa shape index (κ2) is 16.5. The third-order valence-corrected chi connectivity index (χ3v) is 9.08. The number of halogens is 2. The van der Waals surface area contributed by atoms with Gasteiger partial charge >= 0.3 is 0 Å². The number of H-pyrrole nitrogens is 2. The van der Waals surface area contributed by atoms with E-state index in [0.29, 0.717) is 61.3 Å². The number of nitriles is 1. The predicted octanol–water partition coefficient (Wildman–Crippen LogP) is 10.2. The number of hydrogen-bond acceptors (Lipinski definition) is 7. The van der Waals surface area contributed by atoms with E-state index in [1.54, 1.807) is 111 Å². The van der Waals surface area contributed by atoms with E-state index in [1.807, 2.05) is 30.3 Å². The van der Waals surface area contributed by atoms with E-state index < -0.39 is 0 Å². The van der Waals surface area contributed by atoms with Crippen molar-refractivity contribution in [2.75, 3.05) is 24.9 Å². The fourth-order valence-corrected chi connectivity index (χ4v) is 6.26. The van der Waals surface area contributed by atoms with Crippen LogP contribution in [0.5, 0.6) is 11.5 Å². The number of carbonyl (C=O) groups excluding carboxylic acids is 2. The zero-order chi connectivity index (χ0) is 39.2. The smallest absolute Gasteiger partial charge is 0.255 e. The Morgan fingerprint density at radius 3 is 1.59 bits per heavy atom. The van der Waals surface area contributed by atoms with Crippen LogP contribution in [-0.4, -0.2) is 46.0 Å². The summed E-state index contributed by atoms with van der Waals surface area (Å²) in [6, 6.07) is 39.4. The van der Waals surface area contributed by atoms with Gasteiger partial charge in [0.1, 0.15) is 28.7 Å². The molecule has 0 spiro atoms. The molecule has 0 aliphatic rings. The van der Waals surface area contributed by atoms with E-state index in [1.165, 1.54) is 0 Å². The highest BCUT2D eigenvalue weighted by Crippen LogP contribution is 2.37. The Hall–Kier alpha value is -7.13. The van der Waals surface area contributed by atoms with Crippen molar-refractivity contribution in [3.63, 3.8) is 0 Å². The van der Waals surface area contributed by atoms with Crippen LogP contribution in [0.25, 0.3) is 44.8 Å². The summed E-state index contributed by atoms with van der Waals surface area (Å²) in [5, 5.41) is 15.7. The van der Waals surface area contributed by atoms with Crippen molar-refractivity contribution in [3.05, 3.63) is 154 Å². The van der Waals surface area contributed by atoms with Gasteiger partial charge in [0.2, 0.25) is 0 Å². The summed E-state index contributed by atoms with van der Waals surface area (Å²) in [7, 11) is 3.19. The summed E-state index contributed by atoms with van der Waals surface area (Å²) >= 11 is 11.9.